The summed E-state index contributed by atoms with van der Waals surface area (Å²) in [7, 11) is 0. The van der Waals surface area contributed by atoms with Gasteiger partial charge in [0.15, 0.2) is 6.04 Å². The molecule has 12 N–H and O–H groups in total. The molecule has 0 saturated carbocycles. The third kappa shape index (κ3) is 5.21. The molecule has 0 saturated heterocycles. The first-order chi connectivity index (χ1) is 12.4. The van der Waals surface area contributed by atoms with E-state index in [9.17, 15) is 9.59 Å². The minimum absolute atomic E-state index is 0.141. The Bertz CT molecular complexity index is 795. The van der Waals surface area contributed by atoms with Crippen LogP contribution in [0.15, 0.2) is 30.5 Å². The summed E-state index contributed by atoms with van der Waals surface area (Å²) in [6.07, 6.45) is 3.35. The van der Waals surface area contributed by atoms with Gasteiger partial charge in [0.2, 0.25) is 5.91 Å². The zero-order valence-corrected chi connectivity index (χ0v) is 14.6. The van der Waals surface area contributed by atoms with E-state index in [0.717, 1.165) is 16.5 Å². The van der Waals surface area contributed by atoms with Crippen molar-refractivity contribution in [1.82, 2.24) is 10.3 Å². The Morgan fingerprint density at radius 3 is 2.65 bits per heavy atom. The third-order valence-corrected chi connectivity index (χ3v) is 4.19. The molecule has 9 nitrogen and oxygen atoms in total. The van der Waals surface area contributed by atoms with Gasteiger partial charge in [-0.15, -0.1) is 0 Å². The topological polar surface area (TPSA) is 182 Å². The van der Waals surface area contributed by atoms with Crippen LogP contribution < -0.4 is 33.2 Å². The third-order valence-electron chi connectivity index (χ3n) is 4.19. The maximum Gasteiger partial charge on any atom is 0.338 e. The molecule has 1 aromatic heterocycles. The first kappa shape index (κ1) is 19.3. The second kappa shape index (κ2) is 8.86. The standard InChI is InChI=1S/C17H25N7O2/c18-12(5-3-7-22-17(20)21)16(26)24-14(15(19)25)8-10-9-23-13-6-2-1-4-11(10)13/h1-2,4,6,9,12,14,23H,3,5,7-8,18H2,(H2,19,25)(H,24,26)(H4,20,21,22)/p+2/t12-,14-/m0/s1. The first-order valence-corrected chi connectivity index (χ1v) is 8.48. The van der Waals surface area contributed by atoms with Crippen LogP contribution in [0.3, 0.4) is 0 Å². The van der Waals surface area contributed by atoms with Gasteiger partial charge in [0.1, 0.15) is 6.04 Å². The summed E-state index contributed by atoms with van der Waals surface area (Å²) in [6, 6.07) is 6.45. The molecule has 0 spiro atoms. The van der Waals surface area contributed by atoms with Gasteiger partial charge in [-0.25, -0.2) is 0 Å². The average Bonchev–Trinajstić information content (AvgIpc) is 3.00. The summed E-state index contributed by atoms with van der Waals surface area (Å²) in [4.78, 5) is 30.0. The zero-order chi connectivity index (χ0) is 19.1. The quantitative estimate of drug-likeness (QED) is 0.139. The normalized spacial score (nSPS) is 13.1. The predicted molar refractivity (Wildman–Crippen MR) is 98.2 cm³/mol. The molecule has 0 aliphatic carbocycles. The fraction of sp³-hybridized carbons (Fsp3) is 0.353. The maximum atomic E-state index is 12.3. The first-order valence-electron chi connectivity index (χ1n) is 8.48. The summed E-state index contributed by atoms with van der Waals surface area (Å²) in [5, 5.41) is 3.70. The van der Waals surface area contributed by atoms with Crippen LogP contribution in [0.4, 0.5) is 0 Å². The second-order valence-corrected chi connectivity index (χ2v) is 6.25. The van der Waals surface area contributed by atoms with Gasteiger partial charge in [-0.2, -0.15) is 0 Å². The van der Waals surface area contributed by atoms with Crippen molar-refractivity contribution in [2.24, 2.45) is 17.2 Å². The number of quaternary nitrogens is 1. The van der Waals surface area contributed by atoms with Crippen LogP contribution in [0.2, 0.25) is 0 Å². The van der Waals surface area contributed by atoms with Gasteiger partial charge in [0, 0.05) is 29.9 Å². The number of nitrogens with one attached hydrogen (secondary N) is 3. The molecule has 2 rings (SSSR count). The smallest absolute Gasteiger partial charge is 0.338 e. The number of hydrogen-bond acceptors (Lipinski definition) is 2. The molecule has 1 aromatic carbocycles. The van der Waals surface area contributed by atoms with Gasteiger partial charge in [-0.3, -0.25) is 26.0 Å². The lowest BCUT2D eigenvalue weighted by molar-refractivity contribution is -0.463. The average molecular weight is 361 g/mol. The number of rotatable bonds is 9. The van der Waals surface area contributed by atoms with E-state index in [-0.39, 0.29) is 11.9 Å². The Hall–Kier alpha value is -3.07. The Balaban J connectivity index is 1.96. The molecule has 0 unspecified atom stereocenters. The molecule has 0 fully saturated rings. The van der Waals surface area contributed by atoms with E-state index < -0.39 is 18.0 Å². The molecule has 0 radical (unpaired) electrons. The summed E-state index contributed by atoms with van der Waals surface area (Å²) >= 11 is 0. The van der Waals surface area contributed by atoms with Gasteiger partial charge in [0.05, 0.1) is 6.54 Å². The Labute approximate surface area is 151 Å². The van der Waals surface area contributed by atoms with Gasteiger partial charge in [0.25, 0.3) is 5.91 Å². The number of carbonyl (C=O) groups excluding carboxylic acids is 2. The zero-order valence-electron chi connectivity index (χ0n) is 14.6. The molecule has 2 atom stereocenters. The van der Waals surface area contributed by atoms with E-state index in [1.54, 1.807) is 0 Å². The second-order valence-electron chi connectivity index (χ2n) is 6.25. The van der Waals surface area contributed by atoms with E-state index in [1.165, 1.54) is 0 Å². The van der Waals surface area contributed by atoms with E-state index >= 15 is 0 Å². The molecule has 140 valence electrons. The molecule has 0 aliphatic rings. The van der Waals surface area contributed by atoms with Crippen LogP contribution in [-0.4, -0.2) is 41.4 Å². The number of hydrogen-bond donors (Lipinski definition) is 7. The molecule has 9 heteroatoms. The lowest BCUT2D eigenvalue weighted by Crippen LogP contribution is -2.78. The van der Waals surface area contributed by atoms with Crippen LogP contribution >= 0.6 is 0 Å². The number of nitrogens with two attached hydrogens (primary N) is 3. The van der Waals surface area contributed by atoms with Crippen molar-refractivity contribution in [3.8, 4) is 0 Å². The van der Waals surface area contributed by atoms with Gasteiger partial charge >= 0.3 is 5.96 Å². The monoisotopic (exact) mass is 361 g/mol. The molecule has 0 aliphatic heterocycles. The molecule has 1 heterocycles. The van der Waals surface area contributed by atoms with Gasteiger partial charge in [-0.05, 0) is 18.1 Å². The number of H-pyrrole nitrogens is 1. The van der Waals surface area contributed by atoms with Crippen molar-refractivity contribution in [2.75, 3.05) is 6.54 Å². The van der Waals surface area contributed by atoms with Crippen molar-refractivity contribution in [1.29, 1.82) is 0 Å². The highest BCUT2D eigenvalue weighted by Crippen LogP contribution is 2.19. The summed E-state index contributed by atoms with van der Waals surface area (Å²) in [6.45, 7) is 0.552. The number of guanidine groups is 1. The number of fused-ring (bicyclic) bond motifs is 1. The highest BCUT2D eigenvalue weighted by Gasteiger charge is 2.24. The Kier molecular flexibility index (Phi) is 6.56. The van der Waals surface area contributed by atoms with E-state index in [4.69, 9.17) is 17.2 Å². The molecular formula is C17H27N7O2+2. The minimum Gasteiger partial charge on any atom is -0.368 e. The predicted octanol–water partition coefficient (Wildman–Crippen LogP) is -3.57. The van der Waals surface area contributed by atoms with Crippen LogP contribution in [0, 0.1) is 0 Å². The van der Waals surface area contributed by atoms with Crippen LogP contribution in [0.1, 0.15) is 18.4 Å². The highest BCUT2D eigenvalue weighted by atomic mass is 16.2. The molecule has 0 bridgehead atoms. The molecular weight excluding hydrogens is 334 g/mol. The number of carbonyl (C=O) groups is 2. The lowest BCUT2D eigenvalue weighted by atomic mass is 10.0. The molecule has 26 heavy (non-hydrogen) atoms. The van der Waals surface area contributed by atoms with Gasteiger partial charge < -0.3 is 21.8 Å². The van der Waals surface area contributed by atoms with Crippen LogP contribution in [0.5, 0.6) is 0 Å². The number of para-hydroxylation sites is 1. The van der Waals surface area contributed by atoms with E-state index in [2.05, 4.69) is 21.0 Å². The van der Waals surface area contributed by atoms with E-state index in [1.807, 2.05) is 30.5 Å². The number of amides is 2. The summed E-state index contributed by atoms with van der Waals surface area (Å²) in [5.74, 6) is -0.746. The van der Waals surface area contributed by atoms with Crippen molar-refractivity contribution in [3.05, 3.63) is 36.0 Å². The summed E-state index contributed by atoms with van der Waals surface area (Å²) < 4.78 is 0. The fourth-order valence-electron chi connectivity index (χ4n) is 2.75. The molecule has 2 amide bonds. The number of aromatic amines is 1. The minimum atomic E-state index is -0.794. The van der Waals surface area contributed by atoms with Crippen molar-refractivity contribution < 1.29 is 20.3 Å². The number of aromatic nitrogens is 1. The lowest BCUT2D eigenvalue weighted by Gasteiger charge is -2.17. The molecule has 2 aromatic rings. The van der Waals surface area contributed by atoms with Crippen LogP contribution in [-0.2, 0) is 16.0 Å². The van der Waals surface area contributed by atoms with Crippen molar-refractivity contribution >= 4 is 28.7 Å². The Morgan fingerprint density at radius 1 is 1.23 bits per heavy atom. The largest absolute Gasteiger partial charge is 0.368 e. The van der Waals surface area contributed by atoms with Crippen molar-refractivity contribution in [2.45, 2.75) is 31.3 Å². The number of primary amides is 1. The fourth-order valence-corrected chi connectivity index (χ4v) is 2.75. The maximum absolute atomic E-state index is 12.3. The van der Waals surface area contributed by atoms with Crippen molar-refractivity contribution in [3.63, 3.8) is 0 Å². The van der Waals surface area contributed by atoms with E-state index in [0.29, 0.717) is 25.8 Å². The Morgan fingerprint density at radius 2 is 1.96 bits per heavy atom. The van der Waals surface area contributed by atoms with Gasteiger partial charge in [-0.1, -0.05) is 18.2 Å². The van der Waals surface area contributed by atoms with Crippen LogP contribution in [0.25, 0.3) is 10.9 Å². The summed E-state index contributed by atoms with van der Waals surface area (Å²) in [5.41, 5.74) is 21.8. The highest BCUT2D eigenvalue weighted by molar-refractivity contribution is 5.89. The SMILES string of the molecule is NC(=O)[C@H](Cc1c[nH]c2ccccc12)NC(=O)[C@@H]([NH3+])CCC[NH+]=C(N)N. The number of benzene rings is 1.